The van der Waals surface area contributed by atoms with Crippen molar-refractivity contribution in [1.29, 1.82) is 0 Å². The van der Waals surface area contributed by atoms with E-state index in [4.69, 9.17) is 14.6 Å². The van der Waals surface area contributed by atoms with Crippen LogP contribution in [0.15, 0.2) is 10.3 Å². The Morgan fingerprint density at radius 2 is 2.13 bits per heavy atom. The van der Waals surface area contributed by atoms with Crippen molar-refractivity contribution in [1.82, 2.24) is 0 Å². The molecule has 0 amide bonds. The molecular weight excluding hydrogens is 238 g/mol. The fraction of sp³-hybridized carbons (Fsp3) is 0.500. The van der Waals surface area contributed by atoms with Crippen molar-refractivity contribution in [3.8, 4) is 5.06 Å². The van der Waals surface area contributed by atoms with Crippen molar-refractivity contribution in [2.45, 2.75) is 11.1 Å². The van der Waals surface area contributed by atoms with E-state index in [-0.39, 0.29) is 4.21 Å². The second kappa shape index (κ2) is 4.93. The molecule has 0 aliphatic carbocycles. The second-order valence-electron chi connectivity index (χ2n) is 2.92. The molecule has 7 heteroatoms. The van der Waals surface area contributed by atoms with Crippen molar-refractivity contribution in [2.24, 2.45) is 5.14 Å². The monoisotopic (exact) mass is 251 g/mol. The van der Waals surface area contributed by atoms with E-state index in [1.165, 1.54) is 6.07 Å². The van der Waals surface area contributed by atoms with Crippen molar-refractivity contribution in [3.05, 3.63) is 11.6 Å². The lowest BCUT2D eigenvalue weighted by molar-refractivity contribution is 0.148. The standard InChI is InChI=1S/C8H13NO4S2/c1-6-5-7(15(9,10)11)14-8(6)13-4-3-12-2/h5H,3-4H2,1-2H3,(H2,9,10,11). The molecule has 0 saturated carbocycles. The van der Waals surface area contributed by atoms with Gasteiger partial charge in [-0.1, -0.05) is 11.3 Å². The van der Waals surface area contributed by atoms with Gasteiger partial charge in [-0.25, -0.2) is 13.6 Å². The average Bonchev–Trinajstić information content (AvgIpc) is 2.48. The van der Waals surface area contributed by atoms with Crippen LogP contribution < -0.4 is 9.88 Å². The Labute approximate surface area is 92.9 Å². The molecular formula is C8H13NO4S2. The Hall–Kier alpha value is -0.630. The molecule has 2 N–H and O–H groups in total. The lowest BCUT2D eigenvalue weighted by atomic mass is 10.4. The molecule has 1 rings (SSSR count). The van der Waals surface area contributed by atoms with Gasteiger partial charge in [0.2, 0.25) is 10.0 Å². The SMILES string of the molecule is COCCOc1sc(S(N)(=O)=O)cc1C. The van der Waals surface area contributed by atoms with E-state index in [1.807, 2.05) is 0 Å². The number of thiophene rings is 1. The zero-order valence-electron chi connectivity index (χ0n) is 8.52. The fourth-order valence-corrected chi connectivity index (χ4v) is 2.75. The Kier molecular flexibility index (Phi) is 4.09. The number of hydrogen-bond acceptors (Lipinski definition) is 5. The summed E-state index contributed by atoms with van der Waals surface area (Å²) in [5, 5.41) is 5.56. The van der Waals surface area contributed by atoms with Gasteiger partial charge < -0.3 is 9.47 Å². The normalized spacial score (nSPS) is 11.7. The first-order chi connectivity index (χ1) is 6.95. The van der Waals surface area contributed by atoms with Crippen LogP contribution >= 0.6 is 11.3 Å². The zero-order valence-corrected chi connectivity index (χ0v) is 10.2. The molecule has 0 aliphatic rings. The van der Waals surface area contributed by atoms with E-state index < -0.39 is 10.0 Å². The van der Waals surface area contributed by atoms with Crippen LogP contribution in [0.4, 0.5) is 0 Å². The van der Waals surface area contributed by atoms with Gasteiger partial charge in [0.15, 0.2) is 5.06 Å². The number of hydrogen-bond donors (Lipinski definition) is 1. The zero-order chi connectivity index (χ0) is 11.5. The summed E-state index contributed by atoms with van der Waals surface area (Å²) in [6.07, 6.45) is 0. The van der Waals surface area contributed by atoms with E-state index >= 15 is 0 Å². The number of nitrogens with two attached hydrogens (primary N) is 1. The Balaban J connectivity index is 2.78. The number of ether oxygens (including phenoxy) is 2. The van der Waals surface area contributed by atoms with E-state index in [2.05, 4.69) is 0 Å². The Morgan fingerprint density at radius 3 is 2.60 bits per heavy atom. The number of aryl methyl sites for hydroxylation is 1. The molecule has 0 fully saturated rings. The van der Waals surface area contributed by atoms with Crippen LogP contribution in [0.25, 0.3) is 0 Å². The Bertz CT molecular complexity index is 424. The molecule has 0 saturated heterocycles. The van der Waals surface area contributed by atoms with Crippen LogP contribution in [0.2, 0.25) is 0 Å². The number of methoxy groups -OCH3 is 1. The van der Waals surface area contributed by atoms with Gasteiger partial charge >= 0.3 is 0 Å². The van der Waals surface area contributed by atoms with Gasteiger partial charge in [-0.2, -0.15) is 0 Å². The summed E-state index contributed by atoms with van der Waals surface area (Å²) in [7, 11) is -2.06. The number of sulfonamides is 1. The maximum Gasteiger partial charge on any atom is 0.247 e. The van der Waals surface area contributed by atoms with Crippen LogP contribution in [0.5, 0.6) is 5.06 Å². The third-order valence-corrected chi connectivity index (χ3v) is 4.22. The van der Waals surface area contributed by atoms with Crippen LogP contribution in [0, 0.1) is 6.92 Å². The molecule has 86 valence electrons. The molecule has 0 spiro atoms. The highest BCUT2D eigenvalue weighted by molar-refractivity contribution is 7.91. The van der Waals surface area contributed by atoms with Crippen molar-refractivity contribution >= 4 is 21.4 Å². The maximum absolute atomic E-state index is 11.0. The van der Waals surface area contributed by atoms with Gasteiger partial charge in [-0.3, -0.25) is 0 Å². The fourth-order valence-electron chi connectivity index (χ4n) is 0.938. The summed E-state index contributed by atoms with van der Waals surface area (Å²) in [6, 6.07) is 1.50. The smallest absolute Gasteiger partial charge is 0.247 e. The summed E-state index contributed by atoms with van der Waals surface area (Å²) in [6.45, 7) is 2.62. The first-order valence-electron chi connectivity index (χ1n) is 4.20. The van der Waals surface area contributed by atoms with E-state index in [9.17, 15) is 8.42 Å². The van der Waals surface area contributed by atoms with Crippen molar-refractivity contribution in [3.63, 3.8) is 0 Å². The molecule has 0 aromatic carbocycles. The highest BCUT2D eigenvalue weighted by Gasteiger charge is 2.15. The summed E-state index contributed by atoms with van der Waals surface area (Å²) in [5.41, 5.74) is 0.764. The largest absolute Gasteiger partial charge is 0.481 e. The summed E-state index contributed by atoms with van der Waals surface area (Å²) in [5.74, 6) is 0. The van der Waals surface area contributed by atoms with Crippen LogP contribution in [-0.2, 0) is 14.8 Å². The summed E-state index contributed by atoms with van der Waals surface area (Å²) in [4.78, 5) is 0. The van der Waals surface area contributed by atoms with Crippen LogP contribution in [-0.4, -0.2) is 28.7 Å². The van der Waals surface area contributed by atoms with Gasteiger partial charge in [0.25, 0.3) is 0 Å². The topological polar surface area (TPSA) is 78.6 Å². The average molecular weight is 251 g/mol. The molecule has 0 aliphatic heterocycles. The van der Waals surface area contributed by atoms with Crippen LogP contribution in [0.3, 0.4) is 0 Å². The highest BCUT2D eigenvalue weighted by Crippen LogP contribution is 2.32. The van der Waals surface area contributed by atoms with Gasteiger partial charge in [-0.15, -0.1) is 0 Å². The van der Waals surface area contributed by atoms with Gasteiger partial charge in [-0.05, 0) is 13.0 Å². The molecule has 0 atom stereocenters. The van der Waals surface area contributed by atoms with E-state index in [1.54, 1.807) is 14.0 Å². The lowest BCUT2D eigenvalue weighted by Gasteiger charge is -2.02. The quantitative estimate of drug-likeness (QED) is 0.782. The van der Waals surface area contributed by atoms with Gasteiger partial charge in [0, 0.05) is 12.7 Å². The molecule has 0 radical (unpaired) electrons. The van der Waals surface area contributed by atoms with Crippen molar-refractivity contribution in [2.75, 3.05) is 20.3 Å². The molecule has 1 heterocycles. The highest BCUT2D eigenvalue weighted by atomic mass is 32.2. The predicted molar refractivity (Wildman–Crippen MR) is 57.8 cm³/mol. The molecule has 0 unspecified atom stereocenters. The third kappa shape index (κ3) is 3.45. The maximum atomic E-state index is 11.0. The minimum Gasteiger partial charge on any atom is -0.481 e. The molecule has 1 aromatic rings. The van der Waals surface area contributed by atoms with Crippen LogP contribution in [0.1, 0.15) is 5.56 Å². The third-order valence-electron chi connectivity index (χ3n) is 1.65. The van der Waals surface area contributed by atoms with Gasteiger partial charge in [0.05, 0.1) is 6.61 Å². The summed E-state index contributed by atoms with van der Waals surface area (Å²) >= 11 is 1.03. The summed E-state index contributed by atoms with van der Waals surface area (Å²) < 4.78 is 32.3. The number of rotatable bonds is 5. The second-order valence-corrected chi connectivity index (χ2v) is 5.73. The van der Waals surface area contributed by atoms with E-state index in [0.29, 0.717) is 18.3 Å². The first kappa shape index (κ1) is 12.4. The Morgan fingerprint density at radius 1 is 1.47 bits per heavy atom. The molecule has 1 aromatic heterocycles. The molecule has 15 heavy (non-hydrogen) atoms. The molecule has 0 bridgehead atoms. The van der Waals surface area contributed by atoms with E-state index in [0.717, 1.165) is 16.9 Å². The lowest BCUT2D eigenvalue weighted by Crippen LogP contribution is -2.09. The first-order valence-corrected chi connectivity index (χ1v) is 6.56. The number of primary sulfonamides is 1. The van der Waals surface area contributed by atoms with Gasteiger partial charge in [0.1, 0.15) is 10.8 Å². The van der Waals surface area contributed by atoms with Crippen molar-refractivity contribution < 1.29 is 17.9 Å². The predicted octanol–water partition coefficient (Wildman–Crippen LogP) is 0.729. The minimum atomic E-state index is -3.63. The minimum absolute atomic E-state index is 0.118. The molecule has 5 nitrogen and oxygen atoms in total.